The van der Waals surface area contributed by atoms with Crippen molar-refractivity contribution >= 4 is 29.3 Å². The Bertz CT molecular complexity index is 1420. The number of nitrogens with zero attached hydrogens (tertiary/aromatic N) is 1. The van der Waals surface area contributed by atoms with E-state index in [2.05, 4.69) is 16.0 Å². The Morgan fingerprint density at radius 3 is 2.21 bits per heavy atom. The van der Waals surface area contributed by atoms with Crippen molar-refractivity contribution in [2.45, 2.75) is 31.7 Å². The normalized spacial score (nSPS) is 17.1. The predicted molar refractivity (Wildman–Crippen MR) is 153 cm³/mol. The van der Waals surface area contributed by atoms with E-state index in [0.717, 1.165) is 5.56 Å². The van der Waals surface area contributed by atoms with Gasteiger partial charge in [-0.3, -0.25) is 19.2 Å². The van der Waals surface area contributed by atoms with Crippen molar-refractivity contribution in [3.63, 3.8) is 0 Å². The summed E-state index contributed by atoms with van der Waals surface area (Å²) in [4.78, 5) is 51.9. The number of para-hydroxylation sites is 1. The first-order valence-electron chi connectivity index (χ1n) is 13.6. The largest absolute Gasteiger partial charge is 0.457 e. The summed E-state index contributed by atoms with van der Waals surface area (Å²) >= 11 is 0. The molecular weight excluding hydrogens is 540 g/mol. The number of benzene rings is 3. The van der Waals surface area contributed by atoms with Crippen LogP contribution in [0, 0.1) is 0 Å². The molecule has 1 atom stereocenters. The van der Waals surface area contributed by atoms with Crippen molar-refractivity contribution in [1.82, 2.24) is 15.5 Å². The molecule has 2 aliphatic heterocycles. The van der Waals surface area contributed by atoms with E-state index >= 15 is 0 Å². The Morgan fingerprint density at radius 1 is 0.881 bits per heavy atom. The molecule has 3 N–H and O–H groups in total. The summed E-state index contributed by atoms with van der Waals surface area (Å²) in [6.45, 7) is 2.18. The van der Waals surface area contributed by atoms with Crippen LogP contribution in [0.4, 0.5) is 5.69 Å². The molecule has 42 heavy (non-hydrogen) atoms. The second-order valence-corrected chi connectivity index (χ2v) is 10.1. The standard InChI is InChI=1S/C31H32N4O7/c1-21(36)34-24-11-7-22(8-12-24)18-32-30(39)27-17-31(40-15-16-41-31)20-35(27)28(37)19-33-29(38)23-9-13-26(14-10-23)42-25-5-3-2-4-6-25/h2-14,27H,15-20H2,1H3,(H,32,39)(H,33,38)(H,34,36). The van der Waals surface area contributed by atoms with Gasteiger partial charge >= 0.3 is 0 Å². The van der Waals surface area contributed by atoms with Gasteiger partial charge < -0.3 is 35.1 Å². The Balaban J connectivity index is 1.17. The zero-order valence-corrected chi connectivity index (χ0v) is 23.1. The molecule has 0 aromatic heterocycles. The van der Waals surface area contributed by atoms with Crippen LogP contribution in [-0.2, 0) is 30.4 Å². The third-order valence-corrected chi connectivity index (χ3v) is 6.97. The number of anilines is 1. The maximum atomic E-state index is 13.3. The highest BCUT2D eigenvalue weighted by atomic mass is 16.7. The van der Waals surface area contributed by atoms with Gasteiger partial charge in [0.25, 0.3) is 5.91 Å². The van der Waals surface area contributed by atoms with E-state index in [1.807, 2.05) is 30.3 Å². The SMILES string of the molecule is CC(=O)Nc1ccc(CNC(=O)C2CC3(CN2C(=O)CNC(=O)c2ccc(Oc4ccccc4)cc2)OCCO3)cc1. The van der Waals surface area contributed by atoms with Gasteiger partial charge in [-0.05, 0) is 54.1 Å². The molecule has 5 rings (SSSR count). The molecule has 0 bridgehead atoms. The summed E-state index contributed by atoms with van der Waals surface area (Å²) in [5, 5.41) is 8.22. The number of likely N-dealkylation sites (tertiary alicyclic amines) is 1. The molecule has 3 aromatic rings. The van der Waals surface area contributed by atoms with Gasteiger partial charge in [-0.15, -0.1) is 0 Å². The number of nitrogens with one attached hydrogen (secondary N) is 3. The molecule has 11 heteroatoms. The van der Waals surface area contributed by atoms with Gasteiger partial charge in [-0.1, -0.05) is 30.3 Å². The summed E-state index contributed by atoms with van der Waals surface area (Å²) < 4.78 is 17.3. The molecule has 2 heterocycles. The fourth-order valence-corrected chi connectivity index (χ4v) is 4.92. The Hall–Kier alpha value is -4.74. The van der Waals surface area contributed by atoms with Crippen LogP contribution in [0.15, 0.2) is 78.9 Å². The molecule has 4 amide bonds. The summed E-state index contributed by atoms with van der Waals surface area (Å²) in [5.41, 5.74) is 1.84. The molecule has 1 unspecified atom stereocenters. The van der Waals surface area contributed by atoms with Crippen LogP contribution in [0.1, 0.15) is 29.3 Å². The van der Waals surface area contributed by atoms with Gasteiger partial charge in [0.2, 0.25) is 17.7 Å². The summed E-state index contributed by atoms with van der Waals surface area (Å²) in [6, 6.07) is 22.1. The smallest absolute Gasteiger partial charge is 0.251 e. The van der Waals surface area contributed by atoms with E-state index in [9.17, 15) is 19.2 Å². The van der Waals surface area contributed by atoms with Crippen molar-refractivity contribution in [2.24, 2.45) is 0 Å². The van der Waals surface area contributed by atoms with Gasteiger partial charge in [-0.25, -0.2) is 0 Å². The Labute approximate surface area is 243 Å². The molecular formula is C31H32N4O7. The minimum Gasteiger partial charge on any atom is -0.457 e. The lowest BCUT2D eigenvalue weighted by Crippen LogP contribution is -2.49. The fourth-order valence-electron chi connectivity index (χ4n) is 4.92. The highest BCUT2D eigenvalue weighted by molar-refractivity contribution is 5.97. The van der Waals surface area contributed by atoms with E-state index in [0.29, 0.717) is 36.0 Å². The average molecular weight is 573 g/mol. The first kappa shape index (κ1) is 28.8. The number of rotatable bonds is 9. The molecule has 218 valence electrons. The van der Waals surface area contributed by atoms with E-state index in [1.54, 1.807) is 48.5 Å². The van der Waals surface area contributed by atoms with Gasteiger partial charge in [0.1, 0.15) is 17.5 Å². The maximum absolute atomic E-state index is 13.3. The molecule has 2 saturated heterocycles. The minimum atomic E-state index is -1.05. The second kappa shape index (κ2) is 12.8. The van der Waals surface area contributed by atoms with Gasteiger partial charge in [0, 0.05) is 31.1 Å². The minimum absolute atomic E-state index is 0.0801. The number of ether oxygens (including phenoxy) is 3. The van der Waals surface area contributed by atoms with Crippen molar-refractivity contribution in [2.75, 3.05) is 31.6 Å². The average Bonchev–Trinajstić information content (AvgIpc) is 3.62. The number of hydrogen-bond acceptors (Lipinski definition) is 7. The number of hydrogen-bond donors (Lipinski definition) is 3. The Kier molecular flexibility index (Phi) is 8.80. The maximum Gasteiger partial charge on any atom is 0.251 e. The van der Waals surface area contributed by atoms with Crippen LogP contribution in [0.5, 0.6) is 11.5 Å². The third kappa shape index (κ3) is 7.12. The van der Waals surface area contributed by atoms with Gasteiger partial charge in [-0.2, -0.15) is 0 Å². The summed E-state index contributed by atoms with van der Waals surface area (Å²) in [6.07, 6.45) is 0.183. The van der Waals surface area contributed by atoms with Crippen LogP contribution in [0.3, 0.4) is 0 Å². The molecule has 3 aromatic carbocycles. The number of amides is 4. The summed E-state index contributed by atoms with van der Waals surface area (Å²) in [5.74, 6) is -1.18. The van der Waals surface area contributed by atoms with Crippen molar-refractivity contribution in [1.29, 1.82) is 0 Å². The van der Waals surface area contributed by atoms with Gasteiger partial charge in [0.05, 0.1) is 26.3 Å². The number of carbonyl (C=O) groups excluding carboxylic acids is 4. The second-order valence-electron chi connectivity index (χ2n) is 10.1. The van der Waals surface area contributed by atoms with Crippen molar-refractivity contribution < 1.29 is 33.4 Å². The molecule has 2 aliphatic rings. The molecule has 2 fully saturated rings. The monoisotopic (exact) mass is 572 g/mol. The quantitative estimate of drug-likeness (QED) is 0.359. The van der Waals surface area contributed by atoms with Crippen molar-refractivity contribution in [3.8, 4) is 11.5 Å². The molecule has 1 spiro atoms. The number of carbonyl (C=O) groups is 4. The summed E-state index contributed by atoms with van der Waals surface area (Å²) in [7, 11) is 0. The van der Waals surface area contributed by atoms with E-state index < -0.39 is 23.6 Å². The lowest BCUT2D eigenvalue weighted by Gasteiger charge is -2.24. The molecule has 0 aliphatic carbocycles. The van der Waals surface area contributed by atoms with Crippen LogP contribution < -0.4 is 20.7 Å². The first-order chi connectivity index (χ1) is 20.3. The molecule has 11 nitrogen and oxygen atoms in total. The zero-order valence-electron chi connectivity index (χ0n) is 23.1. The fraction of sp³-hybridized carbons (Fsp3) is 0.290. The van der Waals surface area contributed by atoms with Crippen LogP contribution >= 0.6 is 0 Å². The first-order valence-corrected chi connectivity index (χ1v) is 13.6. The molecule has 0 radical (unpaired) electrons. The Morgan fingerprint density at radius 2 is 1.55 bits per heavy atom. The van der Waals surface area contributed by atoms with Crippen LogP contribution in [0.25, 0.3) is 0 Å². The van der Waals surface area contributed by atoms with Gasteiger partial charge in [0.15, 0.2) is 5.79 Å². The van der Waals surface area contributed by atoms with E-state index in [4.69, 9.17) is 14.2 Å². The van der Waals surface area contributed by atoms with Crippen LogP contribution in [-0.4, -0.2) is 66.7 Å². The molecule has 0 saturated carbocycles. The van der Waals surface area contributed by atoms with Crippen LogP contribution in [0.2, 0.25) is 0 Å². The highest BCUT2D eigenvalue weighted by Crippen LogP contribution is 2.35. The topological polar surface area (TPSA) is 135 Å². The third-order valence-electron chi connectivity index (χ3n) is 6.97. The predicted octanol–water partition coefficient (Wildman–Crippen LogP) is 2.83. The lowest BCUT2D eigenvalue weighted by molar-refractivity contribution is -0.152. The van der Waals surface area contributed by atoms with E-state index in [1.165, 1.54) is 11.8 Å². The lowest BCUT2D eigenvalue weighted by atomic mass is 10.1. The highest BCUT2D eigenvalue weighted by Gasteiger charge is 2.52. The van der Waals surface area contributed by atoms with Crippen molar-refractivity contribution in [3.05, 3.63) is 90.0 Å². The zero-order chi connectivity index (χ0) is 29.5. The van der Waals surface area contributed by atoms with E-state index in [-0.39, 0.29) is 37.9 Å².